The molecule has 2 rings (SSSR count). The topological polar surface area (TPSA) is 73.1 Å². The van der Waals surface area contributed by atoms with Gasteiger partial charge in [0.25, 0.3) is 0 Å². The maximum Gasteiger partial charge on any atom is 0.152 e. The van der Waals surface area contributed by atoms with Gasteiger partial charge in [-0.05, 0) is 6.07 Å². The van der Waals surface area contributed by atoms with E-state index in [2.05, 4.69) is 28.4 Å². The molecule has 86 valence electrons. The highest BCUT2D eigenvalue weighted by Gasteiger charge is 2.12. The van der Waals surface area contributed by atoms with Crippen LogP contribution in [0.4, 0.5) is 5.82 Å². The quantitative estimate of drug-likeness (QED) is 0.627. The van der Waals surface area contributed by atoms with Crippen molar-refractivity contribution < 1.29 is 4.74 Å². The Labute approximate surface area is 97.6 Å². The third-order valence-electron chi connectivity index (χ3n) is 2.39. The van der Waals surface area contributed by atoms with Crippen molar-refractivity contribution in [3.63, 3.8) is 0 Å². The van der Waals surface area contributed by atoms with Gasteiger partial charge in [-0.15, -0.1) is 11.3 Å². The molecule has 0 saturated carbocycles. The maximum atomic E-state index is 5.40. The average Bonchev–Trinajstić information content (AvgIpc) is 2.72. The number of ether oxygens (including phenoxy) is 1. The van der Waals surface area contributed by atoms with Gasteiger partial charge in [0.05, 0.1) is 12.0 Å². The molecule has 0 aromatic carbocycles. The minimum absolute atomic E-state index is 0.356. The van der Waals surface area contributed by atoms with E-state index in [0.717, 1.165) is 10.2 Å². The van der Waals surface area contributed by atoms with E-state index in [4.69, 9.17) is 10.6 Å². The molecule has 0 amide bonds. The zero-order valence-electron chi connectivity index (χ0n) is 9.23. The Morgan fingerprint density at radius 1 is 1.56 bits per heavy atom. The van der Waals surface area contributed by atoms with E-state index in [0.29, 0.717) is 18.3 Å². The molecule has 2 aromatic rings. The maximum absolute atomic E-state index is 5.40. The fourth-order valence-electron chi connectivity index (χ4n) is 1.56. The van der Waals surface area contributed by atoms with E-state index < -0.39 is 0 Å². The molecule has 2 aromatic heterocycles. The van der Waals surface area contributed by atoms with Crippen molar-refractivity contribution in [1.29, 1.82) is 0 Å². The van der Waals surface area contributed by atoms with E-state index in [1.54, 1.807) is 18.4 Å². The second kappa shape index (κ2) is 4.73. The molecule has 0 aliphatic heterocycles. The second-order valence-corrected chi connectivity index (χ2v) is 4.65. The lowest BCUT2D eigenvalue weighted by atomic mass is 10.1. The molecule has 0 saturated heterocycles. The minimum atomic E-state index is 0.356. The molecule has 1 atom stereocenters. The summed E-state index contributed by atoms with van der Waals surface area (Å²) >= 11 is 1.65. The largest absolute Gasteiger partial charge is 0.384 e. The fraction of sp³-hybridized carbons (Fsp3) is 0.400. The van der Waals surface area contributed by atoms with Crippen LogP contribution in [0.1, 0.15) is 17.7 Å². The first-order valence-electron chi connectivity index (χ1n) is 4.96. The minimum Gasteiger partial charge on any atom is -0.384 e. The number of hydrazine groups is 1. The monoisotopic (exact) mass is 238 g/mol. The van der Waals surface area contributed by atoms with Crippen LogP contribution in [0.15, 0.2) is 12.4 Å². The third-order valence-corrected chi connectivity index (χ3v) is 3.66. The molecule has 2 heterocycles. The van der Waals surface area contributed by atoms with Gasteiger partial charge in [-0.25, -0.2) is 15.8 Å². The SMILES string of the molecule is COCC(C)c1cc2c(NN)ncnc2s1. The van der Waals surface area contributed by atoms with Crippen LogP contribution in [0.5, 0.6) is 0 Å². The Morgan fingerprint density at radius 3 is 3.06 bits per heavy atom. The third kappa shape index (κ3) is 1.99. The van der Waals surface area contributed by atoms with Crippen molar-refractivity contribution in [3.8, 4) is 0 Å². The molecule has 3 N–H and O–H groups in total. The molecule has 0 spiro atoms. The lowest BCUT2D eigenvalue weighted by Gasteiger charge is -2.05. The van der Waals surface area contributed by atoms with Gasteiger partial charge in [0.15, 0.2) is 5.82 Å². The van der Waals surface area contributed by atoms with Crippen molar-refractivity contribution in [2.75, 3.05) is 19.1 Å². The van der Waals surface area contributed by atoms with Crippen molar-refractivity contribution >= 4 is 27.4 Å². The number of hydrogen-bond donors (Lipinski definition) is 2. The first-order chi connectivity index (χ1) is 7.76. The van der Waals surface area contributed by atoms with E-state index >= 15 is 0 Å². The van der Waals surface area contributed by atoms with Crippen LogP contribution in [-0.4, -0.2) is 23.7 Å². The zero-order chi connectivity index (χ0) is 11.5. The number of aromatic nitrogens is 2. The first kappa shape index (κ1) is 11.3. The summed E-state index contributed by atoms with van der Waals surface area (Å²) in [5.41, 5.74) is 2.58. The number of nitrogens with zero attached hydrogens (tertiary/aromatic N) is 2. The van der Waals surface area contributed by atoms with Crippen LogP contribution in [0.3, 0.4) is 0 Å². The number of hydrogen-bond acceptors (Lipinski definition) is 6. The molecule has 0 fully saturated rings. The fourth-order valence-corrected chi connectivity index (χ4v) is 2.60. The van der Waals surface area contributed by atoms with Crippen LogP contribution < -0.4 is 11.3 Å². The predicted molar refractivity (Wildman–Crippen MR) is 65.5 cm³/mol. The highest BCUT2D eigenvalue weighted by molar-refractivity contribution is 7.18. The average molecular weight is 238 g/mol. The van der Waals surface area contributed by atoms with E-state index in [1.165, 1.54) is 11.2 Å². The van der Waals surface area contributed by atoms with E-state index in [9.17, 15) is 0 Å². The lowest BCUT2D eigenvalue weighted by Crippen LogP contribution is -2.08. The summed E-state index contributed by atoms with van der Waals surface area (Å²) in [5, 5.41) is 0.966. The summed E-state index contributed by atoms with van der Waals surface area (Å²) in [6.07, 6.45) is 1.51. The van der Waals surface area contributed by atoms with Gasteiger partial charge in [0.1, 0.15) is 11.2 Å². The van der Waals surface area contributed by atoms with Crippen LogP contribution >= 0.6 is 11.3 Å². The molecular formula is C10H14N4OS. The number of thiophene rings is 1. The number of rotatable bonds is 4. The summed E-state index contributed by atoms with van der Waals surface area (Å²) in [5.74, 6) is 6.42. The Bertz CT molecular complexity index is 485. The lowest BCUT2D eigenvalue weighted by molar-refractivity contribution is 0.185. The molecule has 0 aliphatic rings. The molecule has 5 nitrogen and oxygen atoms in total. The smallest absolute Gasteiger partial charge is 0.152 e. The highest BCUT2D eigenvalue weighted by Crippen LogP contribution is 2.32. The van der Waals surface area contributed by atoms with E-state index in [-0.39, 0.29) is 0 Å². The molecule has 0 radical (unpaired) electrons. The molecule has 16 heavy (non-hydrogen) atoms. The zero-order valence-corrected chi connectivity index (χ0v) is 10.0. The summed E-state index contributed by atoms with van der Waals surface area (Å²) in [7, 11) is 1.70. The van der Waals surface area contributed by atoms with Crippen molar-refractivity contribution in [2.45, 2.75) is 12.8 Å². The number of nitrogens with two attached hydrogens (primary N) is 1. The molecule has 0 bridgehead atoms. The van der Waals surface area contributed by atoms with Crippen LogP contribution in [0.2, 0.25) is 0 Å². The molecule has 1 unspecified atom stereocenters. The van der Waals surface area contributed by atoms with Crippen LogP contribution in [0.25, 0.3) is 10.2 Å². The number of fused-ring (bicyclic) bond motifs is 1. The second-order valence-electron chi connectivity index (χ2n) is 3.59. The summed E-state index contributed by atoms with van der Waals surface area (Å²) in [6.45, 7) is 2.82. The Kier molecular flexibility index (Phi) is 3.33. The first-order valence-corrected chi connectivity index (χ1v) is 5.78. The van der Waals surface area contributed by atoms with Crippen LogP contribution in [0, 0.1) is 0 Å². The number of anilines is 1. The van der Waals surface area contributed by atoms with Crippen molar-refractivity contribution in [3.05, 3.63) is 17.3 Å². The summed E-state index contributed by atoms with van der Waals surface area (Å²) in [6, 6.07) is 2.07. The summed E-state index contributed by atoms with van der Waals surface area (Å²) < 4.78 is 5.14. The van der Waals surface area contributed by atoms with E-state index in [1.807, 2.05) is 0 Å². The highest BCUT2D eigenvalue weighted by atomic mass is 32.1. The normalized spacial score (nSPS) is 12.9. The molecular weight excluding hydrogens is 224 g/mol. The van der Waals surface area contributed by atoms with Gasteiger partial charge >= 0.3 is 0 Å². The molecule has 6 heteroatoms. The van der Waals surface area contributed by atoms with Gasteiger partial charge in [-0.2, -0.15) is 0 Å². The van der Waals surface area contributed by atoms with Gasteiger partial charge in [0.2, 0.25) is 0 Å². The summed E-state index contributed by atoms with van der Waals surface area (Å²) in [4.78, 5) is 10.5. The van der Waals surface area contributed by atoms with Gasteiger partial charge in [-0.1, -0.05) is 6.92 Å². The van der Waals surface area contributed by atoms with Gasteiger partial charge in [0, 0.05) is 17.9 Å². The van der Waals surface area contributed by atoms with Crippen molar-refractivity contribution in [2.24, 2.45) is 5.84 Å². The Balaban J connectivity index is 2.43. The molecule has 0 aliphatic carbocycles. The number of methoxy groups -OCH3 is 1. The number of nitrogens with one attached hydrogen (secondary N) is 1. The Hall–Kier alpha value is -1.24. The van der Waals surface area contributed by atoms with Gasteiger partial charge in [-0.3, -0.25) is 0 Å². The standard InChI is InChI=1S/C10H14N4OS/c1-6(4-15-2)8-3-7-9(14-11)12-5-13-10(7)16-8/h3,5-6H,4,11H2,1-2H3,(H,12,13,14). The predicted octanol–water partition coefficient (Wildman–Crippen LogP) is 1.73. The van der Waals surface area contributed by atoms with Crippen molar-refractivity contribution in [1.82, 2.24) is 9.97 Å². The Morgan fingerprint density at radius 2 is 2.38 bits per heavy atom. The van der Waals surface area contributed by atoms with Gasteiger partial charge < -0.3 is 10.2 Å². The van der Waals surface area contributed by atoms with Crippen LogP contribution in [-0.2, 0) is 4.74 Å². The number of nitrogen functional groups attached to an aromatic ring is 1.